The first-order valence-corrected chi connectivity index (χ1v) is 18.5. The normalized spacial score (nSPS) is 42.8. The fraction of sp³-hybridized carbons (Fsp3) is 0.872. The maximum atomic E-state index is 13.1. The van der Waals surface area contributed by atoms with Gasteiger partial charge in [0.15, 0.2) is 0 Å². The molecule has 5 aliphatic carbocycles. The molecule has 0 radical (unpaired) electrons. The van der Waals surface area contributed by atoms with Crippen molar-refractivity contribution < 1.29 is 29.0 Å². The molecule has 0 bridgehead atoms. The number of carbonyl (C=O) groups excluding carboxylic acids is 2. The highest BCUT2D eigenvalue weighted by Crippen LogP contribution is 2.75. The second-order valence-electron chi connectivity index (χ2n) is 18.4. The quantitative estimate of drug-likeness (QED) is 0.235. The Labute approximate surface area is 277 Å². The molecule has 0 aromatic carbocycles. The molecule has 1 aliphatic heterocycles. The van der Waals surface area contributed by atoms with Crippen LogP contribution in [-0.4, -0.2) is 60.3 Å². The molecule has 1 heterocycles. The Morgan fingerprint density at radius 3 is 2.28 bits per heavy atom. The molecule has 6 aliphatic rings. The van der Waals surface area contributed by atoms with Crippen LogP contribution in [0.15, 0.2) is 11.6 Å². The van der Waals surface area contributed by atoms with Gasteiger partial charge in [-0.3, -0.25) is 14.4 Å². The van der Waals surface area contributed by atoms with Gasteiger partial charge in [0, 0.05) is 31.3 Å². The Kier molecular flexibility index (Phi) is 8.59. The molecule has 0 spiro atoms. The number of amides is 1. The van der Waals surface area contributed by atoms with Gasteiger partial charge in [0.25, 0.3) is 0 Å². The van der Waals surface area contributed by atoms with E-state index < -0.39 is 11.4 Å². The molecule has 0 aromatic heterocycles. The van der Waals surface area contributed by atoms with Crippen molar-refractivity contribution in [2.24, 2.45) is 50.2 Å². The third kappa shape index (κ3) is 5.19. The molecule has 6 rings (SSSR count). The highest BCUT2D eigenvalue weighted by atomic mass is 16.5. The van der Waals surface area contributed by atoms with Gasteiger partial charge in [-0.25, -0.2) is 0 Å². The molecule has 4 saturated carbocycles. The van der Waals surface area contributed by atoms with E-state index in [1.54, 1.807) is 0 Å². The van der Waals surface area contributed by atoms with Crippen LogP contribution in [0.1, 0.15) is 132 Å². The maximum Gasteiger partial charge on any atom is 0.310 e. The lowest BCUT2D eigenvalue weighted by Gasteiger charge is -2.71. The summed E-state index contributed by atoms with van der Waals surface area (Å²) in [7, 11) is 0. The van der Waals surface area contributed by atoms with Crippen LogP contribution in [0.3, 0.4) is 0 Å². The SMILES string of the molecule is CC1(C)CC[C@]2(C(=O)O)CC[C@]3(C)C(=CC[C@@H]4[C@@]5(C)CC[C@H](OC(=O)CCCC(=O)N6CCOCC6)C(C)(C)[C@@H]5CC[C@]43C)[C@@H]2C1. The average molecular weight is 640 g/mol. The van der Waals surface area contributed by atoms with E-state index in [9.17, 15) is 19.5 Å². The van der Waals surface area contributed by atoms with E-state index in [-0.39, 0.29) is 57.4 Å². The van der Waals surface area contributed by atoms with Gasteiger partial charge in [0.1, 0.15) is 6.10 Å². The molecule has 0 unspecified atom stereocenters. The topological polar surface area (TPSA) is 93.1 Å². The Bertz CT molecular complexity index is 1260. The summed E-state index contributed by atoms with van der Waals surface area (Å²) in [6.45, 7) is 19.4. The second kappa shape index (κ2) is 11.6. The zero-order chi connectivity index (χ0) is 33.3. The Balaban J connectivity index is 1.17. The van der Waals surface area contributed by atoms with Crippen LogP contribution in [0.5, 0.6) is 0 Å². The fourth-order valence-electron chi connectivity index (χ4n) is 12.4. The average Bonchev–Trinajstić information content (AvgIpc) is 2.99. The highest BCUT2D eigenvalue weighted by Gasteiger charge is 2.69. The number of carbonyl (C=O) groups is 3. The summed E-state index contributed by atoms with van der Waals surface area (Å²) < 4.78 is 11.6. The van der Waals surface area contributed by atoms with Gasteiger partial charge in [0.2, 0.25) is 5.91 Å². The number of nitrogens with zero attached hydrogens (tertiary/aromatic N) is 1. The summed E-state index contributed by atoms with van der Waals surface area (Å²) in [5, 5.41) is 10.6. The number of carboxylic acids is 1. The van der Waals surface area contributed by atoms with Crippen molar-refractivity contribution in [1.82, 2.24) is 4.90 Å². The molecule has 258 valence electrons. The van der Waals surface area contributed by atoms with Gasteiger partial charge in [-0.1, -0.05) is 60.1 Å². The van der Waals surface area contributed by atoms with Gasteiger partial charge >= 0.3 is 11.9 Å². The zero-order valence-electron chi connectivity index (χ0n) is 29.8. The molecule has 1 N–H and O–H groups in total. The molecule has 1 saturated heterocycles. The summed E-state index contributed by atoms with van der Waals surface area (Å²) in [4.78, 5) is 40.4. The van der Waals surface area contributed by atoms with Crippen LogP contribution in [0, 0.1) is 50.2 Å². The Morgan fingerprint density at radius 1 is 0.891 bits per heavy atom. The molecule has 46 heavy (non-hydrogen) atoms. The highest BCUT2D eigenvalue weighted by molar-refractivity contribution is 5.77. The number of morpholine rings is 1. The van der Waals surface area contributed by atoms with Gasteiger partial charge in [-0.2, -0.15) is 0 Å². The Hall–Kier alpha value is -1.89. The monoisotopic (exact) mass is 639 g/mol. The standard InChI is InChI=1S/C39H61NO6/c1-34(2)17-19-39(33(43)44)20-18-37(6)26(27(39)25-34)11-12-29-36(5)15-14-30(35(3,4)28(36)13-16-38(29,37)7)46-32(42)10-8-9-31(41)40-21-23-45-24-22-40/h11,27-30H,8-10,12-25H2,1-7H3,(H,43,44)/t27-,28-,29+,30-,36-,37+,38+,39-/m0/s1. The lowest BCUT2D eigenvalue weighted by molar-refractivity contribution is -0.214. The van der Waals surface area contributed by atoms with Gasteiger partial charge < -0.3 is 19.5 Å². The first-order valence-electron chi connectivity index (χ1n) is 18.5. The minimum absolute atomic E-state index is 0.00699. The third-order valence-electron chi connectivity index (χ3n) is 15.4. The number of carboxylic acid groups (broad SMARTS) is 1. The fourth-order valence-corrected chi connectivity index (χ4v) is 12.4. The molecule has 7 nitrogen and oxygen atoms in total. The largest absolute Gasteiger partial charge is 0.481 e. The number of rotatable bonds is 6. The predicted octanol–water partition coefficient (Wildman–Crippen LogP) is 7.81. The van der Waals surface area contributed by atoms with E-state index in [2.05, 4.69) is 54.5 Å². The lowest BCUT2D eigenvalue weighted by Crippen LogP contribution is -2.65. The van der Waals surface area contributed by atoms with Crippen molar-refractivity contribution in [3.63, 3.8) is 0 Å². The van der Waals surface area contributed by atoms with E-state index in [1.165, 1.54) is 5.57 Å². The summed E-state index contributed by atoms with van der Waals surface area (Å²) in [5.41, 5.74) is 1.14. The zero-order valence-corrected chi connectivity index (χ0v) is 29.8. The lowest BCUT2D eigenvalue weighted by atomic mass is 9.33. The number of aliphatic carboxylic acids is 1. The maximum absolute atomic E-state index is 13.1. The first kappa shape index (κ1) is 34.0. The minimum atomic E-state index is -0.606. The number of hydrogen-bond acceptors (Lipinski definition) is 5. The predicted molar refractivity (Wildman–Crippen MR) is 178 cm³/mol. The molecule has 1 amide bonds. The van der Waals surface area contributed by atoms with E-state index in [1.807, 2.05) is 4.90 Å². The smallest absolute Gasteiger partial charge is 0.310 e. The van der Waals surface area contributed by atoms with Crippen LogP contribution in [0.4, 0.5) is 0 Å². The summed E-state index contributed by atoms with van der Waals surface area (Å²) >= 11 is 0. The van der Waals surface area contributed by atoms with Crippen LogP contribution in [0.2, 0.25) is 0 Å². The van der Waals surface area contributed by atoms with Crippen molar-refractivity contribution in [3.8, 4) is 0 Å². The van der Waals surface area contributed by atoms with Crippen molar-refractivity contribution in [2.75, 3.05) is 26.3 Å². The third-order valence-corrected chi connectivity index (χ3v) is 15.4. The molecular weight excluding hydrogens is 578 g/mol. The van der Waals surface area contributed by atoms with Crippen molar-refractivity contribution in [3.05, 3.63) is 11.6 Å². The van der Waals surface area contributed by atoms with E-state index in [0.29, 0.717) is 51.0 Å². The molecule has 0 aromatic rings. The van der Waals surface area contributed by atoms with Crippen LogP contribution >= 0.6 is 0 Å². The molecule has 7 heteroatoms. The van der Waals surface area contributed by atoms with Crippen LogP contribution in [0.25, 0.3) is 0 Å². The molecule has 5 fully saturated rings. The Morgan fingerprint density at radius 2 is 1.59 bits per heavy atom. The van der Waals surface area contributed by atoms with Gasteiger partial charge in [-0.05, 0) is 110 Å². The molecular formula is C39H61NO6. The number of fused-ring (bicyclic) bond motifs is 7. The summed E-state index contributed by atoms with van der Waals surface area (Å²) in [6, 6.07) is 0. The number of allylic oxidation sites excluding steroid dienone is 2. The van der Waals surface area contributed by atoms with Gasteiger partial charge in [-0.15, -0.1) is 0 Å². The van der Waals surface area contributed by atoms with Crippen LogP contribution in [-0.2, 0) is 23.9 Å². The summed E-state index contributed by atoms with van der Waals surface area (Å²) in [5.74, 6) is 0.454. The first-order chi connectivity index (χ1) is 21.5. The van der Waals surface area contributed by atoms with Crippen molar-refractivity contribution in [1.29, 1.82) is 0 Å². The second-order valence-corrected chi connectivity index (χ2v) is 18.4. The van der Waals surface area contributed by atoms with E-state index >= 15 is 0 Å². The minimum Gasteiger partial charge on any atom is -0.481 e. The molecule has 8 atom stereocenters. The van der Waals surface area contributed by atoms with Gasteiger partial charge in [0.05, 0.1) is 18.6 Å². The number of hydrogen-bond donors (Lipinski definition) is 1. The van der Waals surface area contributed by atoms with Crippen LogP contribution < -0.4 is 0 Å². The van der Waals surface area contributed by atoms with E-state index in [0.717, 1.165) is 64.2 Å². The van der Waals surface area contributed by atoms with Crippen molar-refractivity contribution >= 4 is 17.8 Å². The number of ether oxygens (including phenoxy) is 2. The number of esters is 1. The van der Waals surface area contributed by atoms with Crippen molar-refractivity contribution in [2.45, 2.75) is 138 Å². The summed E-state index contributed by atoms with van der Waals surface area (Å²) in [6.07, 6.45) is 13.3. The van der Waals surface area contributed by atoms with E-state index in [4.69, 9.17) is 9.47 Å².